The van der Waals surface area contributed by atoms with Crippen LogP contribution in [0.25, 0.3) is 21.8 Å². The quantitative estimate of drug-likeness (QED) is 0.363. The number of fused-ring (bicyclic) bond motifs is 3. The summed E-state index contributed by atoms with van der Waals surface area (Å²) >= 11 is 30.6. The van der Waals surface area contributed by atoms with E-state index in [9.17, 15) is 0 Å². The third-order valence-corrected chi connectivity index (χ3v) is 4.80. The standard InChI is InChI=1S/C12H3Cl5N2/c13-6-4-2-1-3-18-10(4)11-5(7(6)14)8(15)9(16)12(17)19-11/h1-3H. The van der Waals surface area contributed by atoms with E-state index in [1.165, 1.54) is 0 Å². The van der Waals surface area contributed by atoms with Crippen molar-refractivity contribution in [1.29, 1.82) is 0 Å². The lowest BCUT2D eigenvalue weighted by Crippen LogP contribution is -1.90. The first-order valence-corrected chi connectivity index (χ1v) is 6.97. The Hall–Kier alpha value is -0.510. The van der Waals surface area contributed by atoms with Gasteiger partial charge in [0.1, 0.15) is 10.7 Å². The fraction of sp³-hybridized carbons (Fsp3) is 0. The first-order valence-electron chi connectivity index (χ1n) is 5.08. The SMILES string of the molecule is Clc1nc2c(c(Cl)c1Cl)c(Cl)c(Cl)c1cccnc12. The maximum atomic E-state index is 6.25. The summed E-state index contributed by atoms with van der Waals surface area (Å²) in [5.41, 5.74) is 1.05. The number of pyridine rings is 2. The fourth-order valence-corrected chi connectivity index (χ4v) is 3.10. The zero-order valence-corrected chi connectivity index (χ0v) is 12.8. The van der Waals surface area contributed by atoms with Crippen molar-refractivity contribution in [3.63, 3.8) is 0 Å². The Morgan fingerprint density at radius 2 is 1.47 bits per heavy atom. The van der Waals surface area contributed by atoms with Crippen molar-refractivity contribution in [3.8, 4) is 0 Å². The summed E-state index contributed by atoms with van der Waals surface area (Å²) in [5.74, 6) is 0. The summed E-state index contributed by atoms with van der Waals surface area (Å²) in [4.78, 5) is 8.47. The molecule has 0 unspecified atom stereocenters. The lowest BCUT2D eigenvalue weighted by molar-refractivity contribution is 1.37. The van der Waals surface area contributed by atoms with Gasteiger partial charge in [0, 0.05) is 17.0 Å². The minimum atomic E-state index is 0.101. The largest absolute Gasteiger partial charge is 0.254 e. The number of benzene rings is 1. The predicted octanol–water partition coefficient (Wildman–Crippen LogP) is 6.05. The van der Waals surface area contributed by atoms with Crippen LogP contribution in [0, 0.1) is 0 Å². The lowest BCUT2D eigenvalue weighted by Gasteiger charge is -2.10. The third kappa shape index (κ3) is 1.94. The molecule has 7 heteroatoms. The molecule has 0 amide bonds. The second kappa shape index (κ2) is 4.80. The highest BCUT2D eigenvalue weighted by molar-refractivity contribution is 6.54. The van der Waals surface area contributed by atoms with Gasteiger partial charge in [0.15, 0.2) is 0 Å². The van der Waals surface area contributed by atoms with E-state index < -0.39 is 0 Å². The first kappa shape index (κ1) is 13.5. The number of nitrogens with zero attached hydrogens (tertiary/aromatic N) is 2. The van der Waals surface area contributed by atoms with Gasteiger partial charge in [0.2, 0.25) is 0 Å². The van der Waals surface area contributed by atoms with Crippen molar-refractivity contribution in [2.75, 3.05) is 0 Å². The summed E-state index contributed by atoms with van der Waals surface area (Å²) in [6.07, 6.45) is 1.63. The Balaban J connectivity index is 2.70. The van der Waals surface area contributed by atoms with E-state index in [2.05, 4.69) is 9.97 Å². The maximum absolute atomic E-state index is 6.25. The zero-order chi connectivity index (χ0) is 13.7. The molecule has 2 aromatic heterocycles. The van der Waals surface area contributed by atoms with Crippen molar-refractivity contribution in [2.45, 2.75) is 0 Å². The molecule has 96 valence electrons. The second-order valence-corrected chi connectivity index (χ2v) is 5.65. The number of hydrogen-bond acceptors (Lipinski definition) is 2. The molecule has 3 rings (SSSR count). The van der Waals surface area contributed by atoms with E-state index in [0.29, 0.717) is 26.8 Å². The van der Waals surface area contributed by atoms with Crippen molar-refractivity contribution < 1.29 is 0 Å². The minimum absolute atomic E-state index is 0.101. The van der Waals surface area contributed by atoms with Crippen LogP contribution in [0.4, 0.5) is 0 Å². The van der Waals surface area contributed by atoms with E-state index in [0.717, 1.165) is 0 Å². The van der Waals surface area contributed by atoms with Gasteiger partial charge in [0.05, 0.1) is 25.6 Å². The van der Waals surface area contributed by atoms with Gasteiger partial charge in [-0.2, -0.15) is 0 Å². The number of rotatable bonds is 0. The molecule has 0 fully saturated rings. The van der Waals surface area contributed by atoms with Crippen LogP contribution in [0.1, 0.15) is 0 Å². The Morgan fingerprint density at radius 1 is 0.789 bits per heavy atom. The van der Waals surface area contributed by atoms with Crippen molar-refractivity contribution >= 4 is 79.8 Å². The molecule has 0 aliphatic rings. The lowest BCUT2D eigenvalue weighted by atomic mass is 10.1. The fourth-order valence-electron chi connectivity index (χ4n) is 1.88. The topological polar surface area (TPSA) is 25.8 Å². The second-order valence-electron chi connectivity index (χ2n) is 3.78. The molecule has 0 aliphatic carbocycles. The Bertz CT molecular complexity index is 832. The molecule has 2 nitrogen and oxygen atoms in total. The summed E-state index contributed by atoms with van der Waals surface area (Å²) in [5, 5.41) is 2.25. The van der Waals surface area contributed by atoms with Crippen LogP contribution in [-0.4, -0.2) is 9.97 Å². The molecule has 2 heterocycles. The van der Waals surface area contributed by atoms with Gasteiger partial charge in [-0.1, -0.05) is 58.0 Å². The molecule has 0 aliphatic heterocycles. The van der Waals surface area contributed by atoms with Gasteiger partial charge in [0.25, 0.3) is 0 Å². The van der Waals surface area contributed by atoms with E-state index in [1.54, 1.807) is 18.3 Å². The van der Waals surface area contributed by atoms with Crippen molar-refractivity contribution in [3.05, 3.63) is 43.6 Å². The molecular weight excluding hydrogens is 349 g/mol. The van der Waals surface area contributed by atoms with E-state index in [1.807, 2.05) is 0 Å². The summed E-state index contributed by atoms with van der Waals surface area (Å²) < 4.78 is 0. The summed E-state index contributed by atoms with van der Waals surface area (Å²) in [6.45, 7) is 0. The number of hydrogen-bond donors (Lipinski definition) is 0. The molecule has 0 radical (unpaired) electrons. The van der Waals surface area contributed by atoms with Gasteiger partial charge >= 0.3 is 0 Å². The predicted molar refractivity (Wildman–Crippen MR) is 82.1 cm³/mol. The maximum Gasteiger partial charge on any atom is 0.149 e. The molecular formula is C12H3Cl5N2. The van der Waals surface area contributed by atoms with Crippen LogP contribution in [0.5, 0.6) is 0 Å². The highest BCUT2D eigenvalue weighted by Gasteiger charge is 2.19. The smallest absolute Gasteiger partial charge is 0.149 e. The van der Waals surface area contributed by atoms with Crippen LogP contribution in [0.2, 0.25) is 25.2 Å². The Morgan fingerprint density at radius 3 is 2.21 bits per heavy atom. The van der Waals surface area contributed by atoms with Crippen molar-refractivity contribution in [1.82, 2.24) is 9.97 Å². The van der Waals surface area contributed by atoms with Crippen LogP contribution < -0.4 is 0 Å². The average molecular weight is 352 g/mol. The first-order chi connectivity index (χ1) is 9.02. The summed E-state index contributed by atoms with van der Waals surface area (Å²) in [7, 11) is 0. The van der Waals surface area contributed by atoms with E-state index in [4.69, 9.17) is 58.0 Å². The monoisotopic (exact) mass is 350 g/mol. The Kier molecular flexibility index (Phi) is 3.40. The molecule has 3 aromatic rings. The van der Waals surface area contributed by atoms with Crippen LogP contribution in [-0.2, 0) is 0 Å². The third-order valence-electron chi connectivity index (χ3n) is 2.72. The summed E-state index contributed by atoms with van der Waals surface area (Å²) in [6, 6.07) is 3.56. The normalized spacial score (nSPS) is 11.4. The zero-order valence-electron chi connectivity index (χ0n) is 9.02. The highest BCUT2D eigenvalue weighted by Crippen LogP contribution is 2.44. The van der Waals surface area contributed by atoms with Crippen LogP contribution in [0.3, 0.4) is 0 Å². The molecule has 0 atom stereocenters. The molecule has 0 N–H and O–H groups in total. The van der Waals surface area contributed by atoms with Crippen LogP contribution >= 0.6 is 58.0 Å². The molecule has 0 bridgehead atoms. The molecule has 0 saturated carbocycles. The Labute approximate surface area is 133 Å². The van der Waals surface area contributed by atoms with Crippen molar-refractivity contribution in [2.24, 2.45) is 0 Å². The number of aromatic nitrogens is 2. The number of halogens is 5. The van der Waals surface area contributed by atoms with E-state index in [-0.39, 0.29) is 20.2 Å². The highest BCUT2D eigenvalue weighted by atomic mass is 35.5. The van der Waals surface area contributed by atoms with Gasteiger partial charge in [-0.05, 0) is 12.1 Å². The average Bonchev–Trinajstić information content (AvgIpc) is 2.42. The minimum Gasteiger partial charge on any atom is -0.254 e. The molecule has 1 aromatic carbocycles. The van der Waals surface area contributed by atoms with Gasteiger partial charge in [-0.25, -0.2) is 4.98 Å². The van der Waals surface area contributed by atoms with Gasteiger partial charge in [-0.15, -0.1) is 0 Å². The van der Waals surface area contributed by atoms with Gasteiger partial charge < -0.3 is 0 Å². The molecule has 0 saturated heterocycles. The van der Waals surface area contributed by atoms with E-state index >= 15 is 0 Å². The van der Waals surface area contributed by atoms with Crippen LogP contribution in [0.15, 0.2) is 18.3 Å². The molecule has 19 heavy (non-hydrogen) atoms. The molecule has 0 spiro atoms. The van der Waals surface area contributed by atoms with Gasteiger partial charge in [-0.3, -0.25) is 4.98 Å².